The largest absolute Gasteiger partial charge is 1.00 e. The number of hydrogen-bond acceptors (Lipinski definition) is 2. The summed E-state index contributed by atoms with van der Waals surface area (Å²) in [7, 11) is 4.42. The fourth-order valence-corrected chi connectivity index (χ4v) is 3.72. The molecule has 1 amide bonds. The summed E-state index contributed by atoms with van der Waals surface area (Å²) in [5.74, 6) is -0.567. The summed E-state index contributed by atoms with van der Waals surface area (Å²) in [5, 5.41) is 2.66. The molecule has 30 heavy (non-hydrogen) atoms. The maximum Gasteiger partial charge on any atom is 0.416 e. The van der Waals surface area contributed by atoms with Gasteiger partial charge in [0.2, 0.25) is 0 Å². The van der Waals surface area contributed by atoms with E-state index in [1.165, 1.54) is 12.1 Å². The van der Waals surface area contributed by atoms with Crippen molar-refractivity contribution in [2.45, 2.75) is 31.6 Å². The minimum Gasteiger partial charge on any atom is -1.00 e. The van der Waals surface area contributed by atoms with Crippen LogP contribution in [-0.2, 0) is 17.5 Å². The van der Waals surface area contributed by atoms with Crippen molar-refractivity contribution in [3.63, 3.8) is 0 Å². The van der Waals surface area contributed by atoms with Gasteiger partial charge in [0.1, 0.15) is 6.54 Å². The van der Waals surface area contributed by atoms with Gasteiger partial charge in [0.25, 0.3) is 5.91 Å². The summed E-state index contributed by atoms with van der Waals surface area (Å²) in [6, 6.07) is 12.4. The lowest BCUT2D eigenvalue weighted by Gasteiger charge is -2.40. The van der Waals surface area contributed by atoms with Crippen LogP contribution in [0, 0.1) is 0 Å². The number of halogens is 4. The Morgan fingerprint density at radius 3 is 2.33 bits per heavy atom. The van der Waals surface area contributed by atoms with Gasteiger partial charge in [-0.25, -0.2) is 0 Å². The van der Waals surface area contributed by atoms with Crippen molar-refractivity contribution < 1.29 is 39.6 Å². The second-order valence-electron chi connectivity index (χ2n) is 8.01. The fourth-order valence-electron chi connectivity index (χ4n) is 3.72. The van der Waals surface area contributed by atoms with Crippen LogP contribution in [0.15, 0.2) is 48.5 Å². The summed E-state index contributed by atoms with van der Waals surface area (Å²) in [6.45, 7) is 2.45. The van der Waals surface area contributed by atoms with Crippen LogP contribution in [0.3, 0.4) is 0 Å². The molecule has 4 nitrogen and oxygen atoms in total. The summed E-state index contributed by atoms with van der Waals surface area (Å²) in [5.41, 5.74) is 0.820. The topological polar surface area (TPSA) is 38.3 Å². The monoisotopic (exact) mass is 442 g/mol. The first kappa shape index (κ1) is 24.2. The van der Waals surface area contributed by atoms with Crippen LogP contribution in [0.1, 0.15) is 34.3 Å². The molecule has 0 aromatic heterocycles. The van der Waals surface area contributed by atoms with Crippen LogP contribution in [0.5, 0.6) is 0 Å². The van der Waals surface area contributed by atoms with E-state index in [0.717, 1.165) is 54.8 Å². The van der Waals surface area contributed by atoms with Gasteiger partial charge in [0, 0.05) is 29.7 Å². The first-order valence-corrected chi connectivity index (χ1v) is 9.63. The molecule has 2 aromatic rings. The zero-order valence-electron chi connectivity index (χ0n) is 17.0. The van der Waals surface area contributed by atoms with Crippen LogP contribution < -0.4 is 17.7 Å². The quantitative estimate of drug-likeness (QED) is 0.716. The Morgan fingerprint density at radius 2 is 1.73 bits per heavy atom. The van der Waals surface area contributed by atoms with Gasteiger partial charge >= 0.3 is 6.18 Å². The number of carbonyl (C=O) groups is 1. The molecular formula is C22H26ClF3N2O2. The molecule has 0 aliphatic carbocycles. The molecule has 0 saturated carbocycles. The lowest BCUT2D eigenvalue weighted by atomic mass is 10.0. The molecule has 1 heterocycles. The van der Waals surface area contributed by atoms with Gasteiger partial charge in [-0.15, -0.1) is 0 Å². The predicted molar refractivity (Wildman–Crippen MR) is 105 cm³/mol. The minimum absolute atomic E-state index is 0. The molecule has 0 unspecified atom stereocenters. The molecule has 2 aromatic carbocycles. The van der Waals surface area contributed by atoms with Crippen LogP contribution in [-0.4, -0.2) is 43.7 Å². The molecule has 1 saturated heterocycles. The Morgan fingerprint density at radius 1 is 1.10 bits per heavy atom. The smallest absolute Gasteiger partial charge is 0.416 e. The highest BCUT2D eigenvalue weighted by atomic mass is 35.5. The molecule has 164 valence electrons. The van der Waals surface area contributed by atoms with E-state index in [0.29, 0.717) is 11.7 Å². The number of quaternary nitrogens is 1. The van der Waals surface area contributed by atoms with Crippen molar-refractivity contribution in [2.75, 3.05) is 32.6 Å². The van der Waals surface area contributed by atoms with Gasteiger partial charge in [-0.05, 0) is 30.3 Å². The number of ether oxygens (including phenoxy) is 1. The summed E-state index contributed by atoms with van der Waals surface area (Å²) < 4.78 is 44.8. The number of alkyl halides is 3. The van der Waals surface area contributed by atoms with E-state index in [9.17, 15) is 18.0 Å². The first-order valence-electron chi connectivity index (χ1n) is 9.63. The molecule has 0 radical (unpaired) electrons. The fraction of sp³-hybridized carbons (Fsp3) is 0.409. The van der Waals surface area contributed by atoms with Gasteiger partial charge in [0.05, 0.1) is 38.9 Å². The highest BCUT2D eigenvalue weighted by Crippen LogP contribution is 2.29. The average Bonchev–Trinajstić information content (AvgIpc) is 2.69. The minimum atomic E-state index is -4.48. The molecule has 1 aliphatic rings. The summed E-state index contributed by atoms with van der Waals surface area (Å²) in [6.07, 6.45) is -2.40. The normalized spacial score (nSPS) is 15.4. The number of carbonyl (C=O) groups excluding carboxylic acids is 1. The van der Waals surface area contributed by atoms with Crippen molar-refractivity contribution in [3.8, 4) is 0 Å². The lowest BCUT2D eigenvalue weighted by molar-refractivity contribution is -0.929. The molecule has 1 N–H and O–H groups in total. The van der Waals surface area contributed by atoms with Crippen molar-refractivity contribution in [1.29, 1.82) is 0 Å². The first-order chi connectivity index (χ1) is 13.6. The van der Waals surface area contributed by atoms with Crippen molar-refractivity contribution in [1.82, 2.24) is 0 Å². The zero-order chi connectivity index (χ0) is 21.1. The number of hydrogen-bond donors (Lipinski definition) is 1. The van der Waals surface area contributed by atoms with Crippen molar-refractivity contribution in [2.24, 2.45) is 0 Å². The second-order valence-corrected chi connectivity index (χ2v) is 8.01. The van der Waals surface area contributed by atoms with Crippen LogP contribution in [0.2, 0.25) is 0 Å². The third-order valence-electron chi connectivity index (χ3n) is 5.43. The standard InChI is InChI=1S/C22H25F3N2O2.ClH/c1-27(2,20-10-12-29-13-11-20)15-16-6-8-19(9-7-16)26-21(28)17-4-3-5-18(14-17)22(23,24)25;/h3-9,14,20H,10-13,15H2,1-2H3;1H. The molecule has 1 aliphatic heterocycles. The third-order valence-corrected chi connectivity index (χ3v) is 5.43. The molecular weight excluding hydrogens is 417 g/mol. The Hall–Kier alpha value is -2.09. The number of anilines is 1. The Kier molecular flexibility index (Phi) is 7.91. The van der Waals surface area contributed by atoms with E-state index in [4.69, 9.17) is 4.74 Å². The highest BCUT2D eigenvalue weighted by Gasteiger charge is 2.31. The highest BCUT2D eigenvalue weighted by molar-refractivity contribution is 6.04. The molecule has 0 atom stereocenters. The lowest BCUT2D eigenvalue weighted by Crippen LogP contribution is -3.00. The molecule has 3 rings (SSSR count). The van der Waals surface area contributed by atoms with Gasteiger partial charge in [-0.3, -0.25) is 4.79 Å². The van der Waals surface area contributed by atoms with Gasteiger partial charge in [-0.2, -0.15) is 13.2 Å². The molecule has 1 fully saturated rings. The Labute approximate surface area is 181 Å². The van der Waals surface area contributed by atoms with Crippen LogP contribution >= 0.6 is 0 Å². The number of amides is 1. The Bertz CT molecular complexity index is 848. The van der Waals surface area contributed by atoms with E-state index in [1.807, 2.05) is 12.1 Å². The SMILES string of the molecule is C[N+](C)(Cc1ccc(NC(=O)c2cccc(C(F)(F)F)c2)cc1)C1CCOCC1.[Cl-]. The molecule has 0 spiro atoms. The van der Waals surface area contributed by atoms with Crippen LogP contribution in [0.4, 0.5) is 18.9 Å². The average molecular weight is 443 g/mol. The van der Waals surface area contributed by atoms with Gasteiger partial charge in [0.15, 0.2) is 0 Å². The van der Waals surface area contributed by atoms with E-state index < -0.39 is 17.6 Å². The van der Waals surface area contributed by atoms with E-state index in [-0.39, 0.29) is 18.0 Å². The second kappa shape index (κ2) is 9.81. The number of rotatable bonds is 5. The van der Waals surface area contributed by atoms with Gasteiger partial charge in [-0.1, -0.05) is 18.2 Å². The number of nitrogens with zero attached hydrogens (tertiary/aromatic N) is 1. The third kappa shape index (κ3) is 6.20. The zero-order valence-corrected chi connectivity index (χ0v) is 17.8. The van der Waals surface area contributed by atoms with Crippen molar-refractivity contribution >= 4 is 11.6 Å². The van der Waals surface area contributed by atoms with Crippen LogP contribution in [0.25, 0.3) is 0 Å². The maximum atomic E-state index is 12.8. The van der Waals surface area contributed by atoms with Crippen molar-refractivity contribution in [3.05, 3.63) is 65.2 Å². The number of benzene rings is 2. The van der Waals surface area contributed by atoms with E-state index >= 15 is 0 Å². The molecule has 8 heteroatoms. The maximum absolute atomic E-state index is 12.8. The Balaban J connectivity index is 0.00000320. The van der Waals surface area contributed by atoms with Gasteiger partial charge < -0.3 is 26.9 Å². The summed E-state index contributed by atoms with van der Waals surface area (Å²) >= 11 is 0. The van der Waals surface area contributed by atoms with E-state index in [2.05, 4.69) is 19.4 Å². The summed E-state index contributed by atoms with van der Waals surface area (Å²) in [4.78, 5) is 12.3. The number of nitrogens with one attached hydrogen (secondary N) is 1. The van der Waals surface area contributed by atoms with E-state index in [1.54, 1.807) is 12.1 Å². The molecule has 0 bridgehead atoms. The predicted octanol–water partition coefficient (Wildman–Crippen LogP) is 1.72.